The second-order valence-electron chi connectivity index (χ2n) is 8.78. The van der Waals surface area contributed by atoms with E-state index in [1.165, 1.54) is 0 Å². The minimum atomic E-state index is -0.907. The van der Waals surface area contributed by atoms with Gasteiger partial charge in [0.05, 0.1) is 23.9 Å². The Bertz CT molecular complexity index is 553. The maximum Gasteiger partial charge on any atom is 0.158 e. The molecular weight excluding hydrogens is 356 g/mol. The lowest BCUT2D eigenvalue weighted by Gasteiger charge is -2.25. The highest BCUT2D eigenvalue weighted by atomic mass is 16.5. The van der Waals surface area contributed by atoms with Crippen LogP contribution in [0, 0.1) is 11.8 Å². The van der Waals surface area contributed by atoms with Gasteiger partial charge in [0.25, 0.3) is 0 Å². The van der Waals surface area contributed by atoms with E-state index in [9.17, 15) is 15.0 Å². The molecule has 0 amide bonds. The van der Waals surface area contributed by atoms with Gasteiger partial charge in [-0.25, -0.2) is 0 Å². The van der Waals surface area contributed by atoms with E-state index in [2.05, 4.69) is 19.6 Å². The van der Waals surface area contributed by atoms with Gasteiger partial charge in [0.15, 0.2) is 5.78 Å². The third-order valence-electron chi connectivity index (χ3n) is 6.39. The molecule has 1 saturated heterocycles. The molecule has 0 bridgehead atoms. The molecule has 0 aromatic carbocycles. The lowest BCUT2D eigenvalue weighted by atomic mass is 9.87. The zero-order valence-corrected chi connectivity index (χ0v) is 17.5. The molecule has 1 saturated carbocycles. The minimum absolute atomic E-state index is 0.0706. The molecular formula is C23H38O5. The third kappa shape index (κ3) is 6.24. The molecule has 6 atom stereocenters. The van der Waals surface area contributed by atoms with Gasteiger partial charge in [-0.3, -0.25) is 4.79 Å². The molecule has 0 radical (unpaired) electrons. The summed E-state index contributed by atoms with van der Waals surface area (Å²) in [6, 6.07) is 0. The summed E-state index contributed by atoms with van der Waals surface area (Å²) in [5.74, 6) is 0.287. The molecule has 28 heavy (non-hydrogen) atoms. The lowest BCUT2D eigenvalue weighted by Crippen LogP contribution is -2.26. The van der Waals surface area contributed by atoms with Crippen LogP contribution in [0.25, 0.3) is 0 Å². The van der Waals surface area contributed by atoms with Crippen LogP contribution in [0.4, 0.5) is 0 Å². The summed E-state index contributed by atoms with van der Waals surface area (Å²) in [5.41, 5.74) is -0.0515. The number of ether oxygens (including phenoxy) is 1. The maximum absolute atomic E-state index is 11.2. The number of hydrogen-bond donors (Lipinski definition) is 3. The molecule has 5 heteroatoms. The number of Topliss-reactive ketones (excluding diaryl/α,β-unsaturated/α-hetero) is 1. The van der Waals surface area contributed by atoms with Crippen molar-refractivity contribution >= 4 is 5.78 Å². The molecule has 5 nitrogen and oxygen atoms in total. The normalized spacial score (nSPS) is 31.8. The van der Waals surface area contributed by atoms with Crippen LogP contribution in [0.3, 0.4) is 0 Å². The van der Waals surface area contributed by atoms with Crippen LogP contribution in [0.2, 0.25) is 0 Å². The smallest absolute Gasteiger partial charge is 0.158 e. The van der Waals surface area contributed by atoms with Crippen LogP contribution in [-0.2, 0) is 9.53 Å². The number of rotatable bonds is 12. The van der Waals surface area contributed by atoms with Crippen LogP contribution in [0.5, 0.6) is 0 Å². The maximum atomic E-state index is 11.2. The molecule has 3 N–H and O–H groups in total. The summed E-state index contributed by atoms with van der Waals surface area (Å²) < 4.78 is 6.15. The Hall–Kier alpha value is -1.01. The van der Waals surface area contributed by atoms with Crippen LogP contribution >= 0.6 is 0 Å². The molecule has 1 aliphatic heterocycles. The largest absolute Gasteiger partial charge is 0.392 e. The van der Waals surface area contributed by atoms with Crippen LogP contribution in [0.15, 0.2) is 24.3 Å². The Morgan fingerprint density at radius 1 is 1.29 bits per heavy atom. The van der Waals surface area contributed by atoms with Crippen molar-refractivity contribution in [2.75, 3.05) is 6.61 Å². The van der Waals surface area contributed by atoms with Gasteiger partial charge >= 0.3 is 0 Å². The first-order chi connectivity index (χ1) is 13.3. The molecule has 2 fully saturated rings. The predicted octanol–water partition coefficient (Wildman–Crippen LogP) is 3.32. The highest BCUT2D eigenvalue weighted by Crippen LogP contribution is 2.45. The first kappa shape index (κ1) is 23.3. The van der Waals surface area contributed by atoms with Gasteiger partial charge in [-0.2, -0.15) is 0 Å². The van der Waals surface area contributed by atoms with Gasteiger partial charge in [-0.05, 0) is 50.5 Å². The van der Waals surface area contributed by atoms with Gasteiger partial charge in [-0.15, -0.1) is 0 Å². The van der Waals surface area contributed by atoms with Crippen molar-refractivity contribution in [1.29, 1.82) is 0 Å². The Kier molecular flexibility index (Phi) is 8.87. The van der Waals surface area contributed by atoms with Crippen molar-refractivity contribution in [1.82, 2.24) is 0 Å². The fourth-order valence-corrected chi connectivity index (χ4v) is 4.58. The SMILES string of the molecule is C=C(CCC)C(C)(O)CC=C[C@@H]1[C@H]2C[C@H](CCCCC(=O)CO)O[C@@H]2C[C@H]1O. The van der Waals surface area contributed by atoms with E-state index in [0.29, 0.717) is 25.2 Å². The first-order valence-electron chi connectivity index (χ1n) is 10.8. The van der Waals surface area contributed by atoms with Gasteiger partial charge in [0.1, 0.15) is 6.61 Å². The van der Waals surface area contributed by atoms with Crippen molar-refractivity contribution in [2.45, 2.75) is 95.5 Å². The van der Waals surface area contributed by atoms with Gasteiger partial charge in [0.2, 0.25) is 0 Å². The first-order valence-corrected chi connectivity index (χ1v) is 10.8. The van der Waals surface area contributed by atoms with E-state index in [0.717, 1.165) is 44.1 Å². The van der Waals surface area contributed by atoms with Crippen molar-refractivity contribution < 1.29 is 24.9 Å². The summed E-state index contributed by atoms with van der Waals surface area (Å²) in [4.78, 5) is 11.2. The molecule has 1 heterocycles. The van der Waals surface area contributed by atoms with Crippen LogP contribution in [-0.4, -0.2) is 51.6 Å². The summed E-state index contributed by atoms with van der Waals surface area (Å²) in [6.07, 6.45) is 10.9. The number of carbonyl (C=O) groups excluding carboxylic acids is 1. The van der Waals surface area contributed by atoms with Crippen molar-refractivity contribution in [2.24, 2.45) is 11.8 Å². The minimum Gasteiger partial charge on any atom is -0.392 e. The van der Waals surface area contributed by atoms with E-state index in [-0.39, 0.29) is 30.5 Å². The van der Waals surface area contributed by atoms with Gasteiger partial charge in [-0.1, -0.05) is 38.5 Å². The summed E-state index contributed by atoms with van der Waals surface area (Å²) in [5, 5.41) is 29.8. The van der Waals surface area contributed by atoms with Crippen molar-refractivity contribution in [3.05, 3.63) is 24.3 Å². The Morgan fingerprint density at radius 3 is 2.71 bits per heavy atom. The topological polar surface area (TPSA) is 87.0 Å². The Morgan fingerprint density at radius 2 is 2.04 bits per heavy atom. The Labute approximate surface area is 169 Å². The Balaban J connectivity index is 1.81. The van der Waals surface area contributed by atoms with E-state index in [1.807, 2.05) is 6.08 Å². The average Bonchev–Trinajstić information content (AvgIpc) is 3.16. The van der Waals surface area contributed by atoms with Gasteiger partial charge < -0.3 is 20.1 Å². The van der Waals surface area contributed by atoms with E-state index in [1.54, 1.807) is 6.92 Å². The molecule has 2 rings (SSSR count). The zero-order valence-electron chi connectivity index (χ0n) is 17.5. The lowest BCUT2D eigenvalue weighted by molar-refractivity contribution is -0.121. The number of carbonyl (C=O) groups is 1. The summed E-state index contributed by atoms with van der Waals surface area (Å²) >= 11 is 0. The number of unbranched alkanes of at least 4 members (excludes halogenated alkanes) is 1. The fourth-order valence-electron chi connectivity index (χ4n) is 4.58. The molecule has 0 aromatic rings. The van der Waals surface area contributed by atoms with E-state index >= 15 is 0 Å². The number of aliphatic hydroxyl groups is 3. The molecule has 1 aliphatic carbocycles. The highest BCUT2D eigenvalue weighted by Gasteiger charge is 2.47. The molecule has 2 aliphatic rings. The zero-order chi connectivity index (χ0) is 20.7. The second-order valence-corrected chi connectivity index (χ2v) is 8.78. The molecule has 1 unspecified atom stereocenters. The number of fused-ring (bicyclic) bond motifs is 1. The van der Waals surface area contributed by atoms with E-state index < -0.39 is 11.7 Å². The second kappa shape index (κ2) is 10.7. The van der Waals surface area contributed by atoms with E-state index in [4.69, 9.17) is 9.84 Å². The summed E-state index contributed by atoms with van der Waals surface area (Å²) in [7, 11) is 0. The number of aliphatic hydroxyl groups excluding tert-OH is 2. The highest BCUT2D eigenvalue weighted by molar-refractivity contribution is 5.79. The predicted molar refractivity (Wildman–Crippen MR) is 110 cm³/mol. The summed E-state index contributed by atoms with van der Waals surface area (Å²) in [6.45, 7) is 7.52. The standard InChI is InChI=1S/C23H38O5/c1-4-8-16(2)23(3,27)12-7-11-19-20-13-18(28-22(20)14-21(19)26)10-6-5-9-17(25)15-24/h7,11,18-22,24,26-27H,2,4-6,8-10,12-15H2,1,3H3/t18-,19+,20+,21+,22+,23?/m0/s1. The third-order valence-corrected chi connectivity index (χ3v) is 6.39. The van der Waals surface area contributed by atoms with Crippen LogP contribution < -0.4 is 0 Å². The number of hydrogen-bond acceptors (Lipinski definition) is 5. The quantitative estimate of drug-likeness (QED) is 0.349. The fraction of sp³-hybridized carbons (Fsp3) is 0.783. The van der Waals surface area contributed by atoms with Crippen molar-refractivity contribution in [3.63, 3.8) is 0 Å². The number of ketones is 1. The van der Waals surface area contributed by atoms with Crippen molar-refractivity contribution in [3.8, 4) is 0 Å². The van der Waals surface area contributed by atoms with Gasteiger partial charge in [0, 0.05) is 18.8 Å². The average molecular weight is 395 g/mol. The molecule has 160 valence electrons. The molecule has 0 spiro atoms. The van der Waals surface area contributed by atoms with Crippen LogP contribution in [0.1, 0.15) is 71.6 Å². The molecule has 0 aromatic heterocycles. The monoisotopic (exact) mass is 394 g/mol.